The van der Waals surface area contributed by atoms with Crippen LogP contribution in [0.3, 0.4) is 0 Å². The fourth-order valence-electron chi connectivity index (χ4n) is 4.60. The van der Waals surface area contributed by atoms with Gasteiger partial charge in [0.1, 0.15) is 17.8 Å². The monoisotopic (exact) mass is 415 g/mol. The number of amides is 3. The Labute approximate surface area is 178 Å². The molecule has 0 radical (unpaired) electrons. The van der Waals surface area contributed by atoms with Crippen molar-refractivity contribution >= 4 is 29.2 Å². The summed E-state index contributed by atoms with van der Waals surface area (Å²) in [4.78, 5) is 39.5. The Bertz CT molecular complexity index is 1230. The van der Waals surface area contributed by atoms with E-state index in [1.807, 2.05) is 43.3 Å². The fraction of sp³-hybridized carbons (Fsp3) is 0.217. The highest BCUT2D eigenvalue weighted by atomic mass is 16.2. The number of benzene rings is 2. The average Bonchev–Trinajstić information content (AvgIpc) is 3.23. The molecule has 31 heavy (non-hydrogen) atoms. The smallest absolute Gasteiger partial charge is 0.243 e. The summed E-state index contributed by atoms with van der Waals surface area (Å²) in [5, 5.41) is 7.40. The van der Waals surface area contributed by atoms with E-state index >= 15 is 0 Å². The highest BCUT2D eigenvalue weighted by Gasteiger charge is 2.57. The number of carbonyl (C=O) groups is 3. The first-order valence-electron chi connectivity index (χ1n) is 10.0. The van der Waals surface area contributed by atoms with Gasteiger partial charge in [0.05, 0.1) is 12.7 Å². The van der Waals surface area contributed by atoms with Crippen LogP contribution in [0.4, 0.5) is 11.5 Å². The van der Waals surface area contributed by atoms with Gasteiger partial charge >= 0.3 is 0 Å². The molecule has 156 valence electrons. The SMILES string of the molecule is Cc1ccc(Cn2ncc3c2NC(=O)C[C@]32C(=O)N(CC(N)=O)c3ccccc32)cc1. The Hall–Kier alpha value is -3.94. The molecular formula is C23H21N5O3. The zero-order valence-electron chi connectivity index (χ0n) is 17.0. The first kappa shape index (κ1) is 19.0. The molecule has 3 aromatic rings. The summed E-state index contributed by atoms with van der Waals surface area (Å²) in [6.07, 6.45) is 1.59. The summed E-state index contributed by atoms with van der Waals surface area (Å²) in [7, 11) is 0. The van der Waals surface area contributed by atoms with E-state index in [0.29, 0.717) is 29.2 Å². The molecule has 8 heteroatoms. The minimum atomic E-state index is -1.23. The van der Waals surface area contributed by atoms with Crippen LogP contribution in [0.5, 0.6) is 0 Å². The third-order valence-electron chi connectivity index (χ3n) is 6.01. The average molecular weight is 415 g/mol. The highest BCUT2D eigenvalue weighted by Crippen LogP contribution is 2.52. The summed E-state index contributed by atoms with van der Waals surface area (Å²) in [5.41, 5.74) is 8.27. The topological polar surface area (TPSA) is 110 Å². The summed E-state index contributed by atoms with van der Waals surface area (Å²) >= 11 is 0. The number of para-hydroxylation sites is 1. The molecule has 3 amide bonds. The molecule has 0 aliphatic carbocycles. The van der Waals surface area contributed by atoms with Crippen LogP contribution in [0.25, 0.3) is 0 Å². The van der Waals surface area contributed by atoms with Crippen LogP contribution in [0.2, 0.25) is 0 Å². The zero-order valence-corrected chi connectivity index (χ0v) is 17.0. The third kappa shape index (κ3) is 2.83. The molecule has 8 nitrogen and oxygen atoms in total. The molecule has 1 aromatic heterocycles. The maximum atomic E-state index is 13.7. The number of anilines is 2. The summed E-state index contributed by atoms with van der Waals surface area (Å²) in [6.45, 7) is 2.23. The van der Waals surface area contributed by atoms with E-state index in [0.717, 1.165) is 11.1 Å². The Kier molecular flexibility index (Phi) is 4.18. The van der Waals surface area contributed by atoms with Crippen molar-refractivity contribution in [1.82, 2.24) is 9.78 Å². The minimum absolute atomic E-state index is 0.0542. The van der Waals surface area contributed by atoms with Crippen molar-refractivity contribution < 1.29 is 14.4 Å². The maximum Gasteiger partial charge on any atom is 0.243 e. The van der Waals surface area contributed by atoms with Crippen LogP contribution in [-0.2, 0) is 26.3 Å². The third-order valence-corrected chi connectivity index (χ3v) is 6.01. The quantitative estimate of drug-likeness (QED) is 0.676. The van der Waals surface area contributed by atoms with Crippen molar-refractivity contribution in [2.24, 2.45) is 5.73 Å². The summed E-state index contributed by atoms with van der Waals surface area (Å²) in [5.74, 6) is -0.725. The van der Waals surface area contributed by atoms with E-state index in [2.05, 4.69) is 10.4 Å². The Morgan fingerprint density at radius 1 is 1.13 bits per heavy atom. The lowest BCUT2D eigenvalue weighted by molar-refractivity contribution is -0.127. The van der Waals surface area contributed by atoms with Crippen molar-refractivity contribution in [3.05, 3.63) is 77.0 Å². The number of carbonyl (C=O) groups excluding carboxylic acids is 3. The second-order valence-electron chi connectivity index (χ2n) is 8.06. The number of aryl methyl sites for hydroxylation is 1. The number of nitrogens with zero attached hydrogens (tertiary/aromatic N) is 3. The number of nitrogens with two attached hydrogens (primary N) is 1. The number of nitrogens with one attached hydrogen (secondary N) is 1. The highest BCUT2D eigenvalue weighted by molar-refractivity contribution is 6.17. The van der Waals surface area contributed by atoms with Gasteiger partial charge in [0.25, 0.3) is 0 Å². The Balaban J connectivity index is 1.64. The molecular weight excluding hydrogens is 394 g/mol. The summed E-state index contributed by atoms with van der Waals surface area (Å²) in [6, 6.07) is 15.3. The molecule has 0 saturated heterocycles. The fourth-order valence-corrected chi connectivity index (χ4v) is 4.60. The number of hydrogen-bond acceptors (Lipinski definition) is 4. The van der Waals surface area contributed by atoms with Crippen molar-refractivity contribution in [3.63, 3.8) is 0 Å². The number of hydrogen-bond donors (Lipinski definition) is 2. The van der Waals surface area contributed by atoms with Crippen LogP contribution >= 0.6 is 0 Å². The van der Waals surface area contributed by atoms with Crippen LogP contribution < -0.4 is 16.0 Å². The molecule has 0 bridgehead atoms. The van der Waals surface area contributed by atoms with E-state index in [-0.39, 0.29) is 24.8 Å². The van der Waals surface area contributed by atoms with Crippen LogP contribution in [0.15, 0.2) is 54.7 Å². The maximum absolute atomic E-state index is 13.7. The van der Waals surface area contributed by atoms with E-state index in [4.69, 9.17) is 5.73 Å². The van der Waals surface area contributed by atoms with E-state index < -0.39 is 11.3 Å². The standard InChI is InChI=1S/C23H21N5O3/c1-14-6-8-15(9-7-14)12-28-21-17(11-25-28)23(10-20(30)26-21)16-4-2-3-5-18(16)27(22(23)31)13-19(24)29/h2-9,11H,10,12-13H2,1H3,(H2,24,29)(H,26,30)/t23-/m1/s1. The van der Waals surface area contributed by atoms with Crippen molar-refractivity contribution in [1.29, 1.82) is 0 Å². The molecule has 2 aliphatic heterocycles. The first-order valence-corrected chi connectivity index (χ1v) is 10.0. The zero-order chi connectivity index (χ0) is 21.8. The predicted octanol–water partition coefficient (Wildman–Crippen LogP) is 1.70. The van der Waals surface area contributed by atoms with Crippen LogP contribution in [0.1, 0.15) is 28.7 Å². The normalized spacial score (nSPS) is 19.3. The van der Waals surface area contributed by atoms with Crippen LogP contribution in [0, 0.1) is 6.92 Å². The molecule has 2 aromatic carbocycles. The first-order chi connectivity index (χ1) is 14.9. The lowest BCUT2D eigenvalue weighted by atomic mass is 9.72. The van der Waals surface area contributed by atoms with Gasteiger partial charge in [-0.3, -0.25) is 14.4 Å². The van der Waals surface area contributed by atoms with Gasteiger partial charge in [-0.05, 0) is 24.1 Å². The van der Waals surface area contributed by atoms with Crippen LogP contribution in [-0.4, -0.2) is 34.0 Å². The van der Waals surface area contributed by atoms with E-state index in [9.17, 15) is 14.4 Å². The Morgan fingerprint density at radius 3 is 2.61 bits per heavy atom. The molecule has 0 saturated carbocycles. The minimum Gasteiger partial charge on any atom is -0.368 e. The number of rotatable bonds is 4. The second kappa shape index (κ2) is 6.80. The number of fused-ring (bicyclic) bond motifs is 4. The number of primary amides is 1. The van der Waals surface area contributed by atoms with Gasteiger partial charge < -0.3 is 16.0 Å². The van der Waals surface area contributed by atoms with Gasteiger partial charge in [0.2, 0.25) is 17.7 Å². The number of aromatic nitrogens is 2. The van der Waals surface area contributed by atoms with Gasteiger partial charge in [0.15, 0.2) is 0 Å². The molecule has 1 atom stereocenters. The lowest BCUT2D eigenvalue weighted by Gasteiger charge is -2.32. The van der Waals surface area contributed by atoms with Gasteiger partial charge in [-0.1, -0.05) is 48.0 Å². The van der Waals surface area contributed by atoms with Crippen molar-refractivity contribution in [3.8, 4) is 0 Å². The van der Waals surface area contributed by atoms with Gasteiger partial charge in [-0.2, -0.15) is 5.10 Å². The molecule has 0 unspecified atom stereocenters. The van der Waals surface area contributed by atoms with Crippen molar-refractivity contribution in [2.45, 2.75) is 25.3 Å². The van der Waals surface area contributed by atoms with Gasteiger partial charge in [-0.15, -0.1) is 0 Å². The molecule has 3 N–H and O–H groups in total. The molecule has 3 heterocycles. The molecule has 5 rings (SSSR count). The summed E-state index contributed by atoms with van der Waals surface area (Å²) < 4.78 is 1.70. The Morgan fingerprint density at radius 2 is 1.87 bits per heavy atom. The molecule has 0 fully saturated rings. The van der Waals surface area contributed by atoms with E-state index in [1.165, 1.54) is 4.90 Å². The predicted molar refractivity (Wildman–Crippen MR) is 115 cm³/mol. The van der Waals surface area contributed by atoms with E-state index in [1.54, 1.807) is 23.0 Å². The second-order valence-corrected chi connectivity index (χ2v) is 8.06. The van der Waals surface area contributed by atoms with Crippen molar-refractivity contribution in [2.75, 3.05) is 16.8 Å². The lowest BCUT2D eigenvalue weighted by Crippen LogP contribution is -2.48. The molecule has 2 aliphatic rings. The van der Waals surface area contributed by atoms with Gasteiger partial charge in [-0.25, -0.2) is 4.68 Å². The largest absolute Gasteiger partial charge is 0.368 e. The van der Waals surface area contributed by atoms with Gasteiger partial charge in [0, 0.05) is 17.7 Å². The molecule has 1 spiro atoms.